The maximum absolute atomic E-state index is 12.6. The number of halogens is 2. The van der Waals surface area contributed by atoms with E-state index in [9.17, 15) is 4.79 Å². The highest BCUT2D eigenvalue weighted by Crippen LogP contribution is 2.35. The van der Waals surface area contributed by atoms with Gasteiger partial charge in [-0.1, -0.05) is 54.4 Å². The summed E-state index contributed by atoms with van der Waals surface area (Å²) in [5.74, 6) is -0.179. The molecule has 3 aromatic rings. The van der Waals surface area contributed by atoms with E-state index < -0.39 is 0 Å². The van der Waals surface area contributed by atoms with E-state index in [1.807, 2.05) is 6.08 Å². The van der Waals surface area contributed by atoms with Crippen molar-refractivity contribution in [3.05, 3.63) is 85.5 Å². The summed E-state index contributed by atoms with van der Waals surface area (Å²) in [6, 6.07) is 13.8. The van der Waals surface area contributed by atoms with Gasteiger partial charge in [0.1, 0.15) is 0 Å². The molecule has 0 radical (unpaired) electrons. The van der Waals surface area contributed by atoms with Gasteiger partial charge in [0.2, 0.25) is 0 Å². The number of carbonyl (C=O) groups excluding carboxylic acids is 1. The van der Waals surface area contributed by atoms with Crippen LogP contribution >= 0.6 is 35.0 Å². The monoisotopic (exact) mass is 483 g/mol. The maximum atomic E-state index is 12.6. The van der Waals surface area contributed by atoms with E-state index in [-0.39, 0.29) is 5.91 Å². The third kappa shape index (κ3) is 4.25. The molecule has 0 aliphatic carbocycles. The lowest BCUT2D eigenvalue weighted by atomic mass is 10.1. The van der Waals surface area contributed by atoms with Crippen LogP contribution < -0.4 is 5.32 Å². The SMILES string of the molecule is CCc1cccc(C)c1-n1c(C)cc(/C=C2\SC(=Nc3cccc(Cl)c3Cl)NC2=O)c1C. The van der Waals surface area contributed by atoms with Crippen molar-refractivity contribution in [2.24, 2.45) is 4.99 Å². The van der Waals surface area contributed by atoms with E-state index in [1.165, 1.54) is 28.6 Å². The quantitative estimate of drug-likeness (QED) is 0.399. The standard InChI is InChI=1S/C25H23Cl2N3OS/c1-5-17-9-6-8-14(2)23(17)30-15(3)12-18(16(30)4)13-21-24(31)29-25(32-21)28-20-11-7-10-19(26)22(20)27/h6-13H,5H2,1-4H3,(H,28,29,31)/b21-13-. The summed E-state index contributed by atoms with van der Waals surface area (Å²) in [4.78, 5) is 17.7. The third-order valence-electron chi connectivity index (χ3n) is 5.49. The summed E-state index contributed by atoms with van der Waals surface area (Å²) in [6.07, 6.45) is 2.87. The Morgan fingerprint density at radius 2 is 1.88 bits per heavy atom. The second kappa shape index (κ2) is 9.18. The highest BCUT2D eigenvalue weighted by molar-refractivity contribution is 8.18. The number of benzene rings is 2. The van der Waals surface area contributed by atoms with Gasteiger partial charge in [-0.3, -0.25) is 4.79 Å². The van der Waals surface area contributed by atoms with E-state index in [2.05, 4.69) is 66.8 Å². The van der Waals surface area contributed by atoms with Crippen LogP contribution in [0.3, 0.4) is 0 Å². The maximum Gasteiger partial charge on any atom is 0.264 e. The number of para-hydroxylation sites is 1. The summed E-state index contributed by atoms with van der Waals surface area (Å²) in [6.45, 7) is 8.48. The minimum absolute atomic E-state index is 0.179. The van der Waals surface area contributed by atoms with Gasteiger partial charge in [0.05, 0.1) is 26.3 Å². The van der Waals surface area contributed by atoms with E-state index in [0.29, 0.717) is 25.8 Å². The van der Waals surface area contributed by atoms with E-state index in [1.54, 1.807) is 18.2 Å². The molecule has 0 spiro atoms. The lowest BCUT2D eigenvalue weighted by Crippen LogP contribution is -2.19. The normalized spacial score (nSPS) is 16.2. The first-order chi connectivity index (χ1) is 15.3. The number of aromatic nitrogens is 1. The van der Waals surface area contributed by atoms with Crippen LogP contribution in [0.5, 0.6) is 0 Å². The van der Waals surface area contributed by atoms with Crippen molar-refractivity contribution in [2.75, 3.05) is 0 Å². The highest BCUT2D eigenvalue weighted by Gasteiger charge is 2.25. The fourth-order valence-corrected chi connectivity index (χ4v) is 5.08. The molecule has 1 aromatic heterocycles. The highest BCUT2D eigenvalue weighted by atomic mass is 35.5. The number of aryl methyl sites for hydroxylation is 3. The summed E-state index contributed by atoms with van der Waals surface area (Å²) >= 11 is 13.6. The number of hydrogen-bond acceptors (Lipinski definition) is 3. The van der Waals surface area contributed by atoms with Gasteiger partial charge in [-0.25, -0.2) is 4.99 Å². The van der Waals surface area contributed by atoms with Gasteiger partial charge in [-0.2, -0.15) is 0 Å². The van der Waals surface area contributed by atoms with Crippen molar-refractivity contribution in [2.45, 2.75) is 34.1 Å². The van der Waals surface area contributed by atoms with E-state index >= 15 is 0 Å². The number of thioether (sulfide) groups is 1. The number of nitrogens with one attached hydrogen (secondary N) is 1. The van der Waals surface area contributed by atoms with Crippen molar-refractivity contribution >= 4 is 57.8 Å². The molecule has 1 aliphatic rings. The predicted molar refractivity (Wildman–Crippen MR) is 137 cm³/mol. The zero-order chi connectivity index (χ0) is 23.0. The zero-order valence-corrected chi connectivity index (χ0v) is 20.6. The molecule has 0 unspecified atom stereocenters. The average molecular weight is 484 g/mol. The van der Waals surface area contributed by atoms with Crippen LogP contribution in [0.1, 0.15) is 35.0 Å². The largest absolute Gasteiger partial charge is 0.317 e. The molecule has 2 aromatic carbocycles. The number of amidine groups is 1. The van der Waals surface area contributed by atoms with Gasteiger partial charge in [0.15, 0.2) is 5.17 Å². The van der Waals surface area contributed by atoms with Crippen LogP contribution in [0, 0.1) is 20.8 Å². The number of aliphatic imine (C=N–C) groups is 1. The molecule has 1 saturated heterocycles. The van der Waals surface area contributed by atoms with Crippen LogP contribution in [0.4, 0.5) is 5.69 Å². The Bertz CT molecular complexity index is 1290. The van der Waals surface area contributed by atoms with Crippen molar-refractivity contribution < 1.29 is 4.79 Å². The van der Waals surface area contributed by atoms with Crippen molar-refractivity contribution in [1.82, 2.24) is 9.88 Å². The molecule has 7 heteroatoms. The molecule has 0 saturated carbocycles. The molecule has 4 rings (SSSR count). The second-order valence-electron chi connectivity index (χ2n) is 7.65. The Balaban J connectivity index is 1.70. The number of nitrogens with zero attached hydrogens (tertiary/aromatic N) is 2. The zero-order valence-electron chi connectivity index (χ0n) is 18.3. The lowest BCUT2D eigenvalue weighted by molar-refractivity contribution is -0.115. The molecule has 1 N–H and O–H groups in total. The minimum Gasteiger partial charge on any atom is -0.317 e. The number of carbonyl (C=O) groups is 1. The molecule has 1 amide bonds. The molecule has 0 bridgehead atoms. The minimum atomic E-state index is -0.179. The van der Waals surface area contributed by atoms with E-state index in [4.69, 9.17) is 23.2 Å². The predicted octanol–water partition coefficient (Wildman–Crippen LogP) is 7.16. The molecule has 1 fully saturated rings. The van der Waals surface area contributed by atoms with Crippen molar-refractivity contribution in [3.63, 3.8) is 0 Å². The first-order valence-corrected chi connectivity index (χ1v) is 11.9. The fourth-order valence-electron chi connectivity index (χ4n) is 3.91. The van der Waals surface area contributed by atoms with Gasteiger partial charge in [0.25, 0.3) is 5.91 Å². The molecule has 1 aliphatic heterocycles. The number of hydrogen-bond donors (Lipinski definition) is 1. The van der Waals surface area contributed by atoms with Gasteiger partial charge in [-0.05, 0) is 79.9 Å². The van der Waals surface area contributed by atoms with Crippen LogP contribution in [-0.4, -0.2) is 15.6 Å². The Morgan fingerprint density at radius 1 is 1.12 bits per heavy atom. The van der Waals surface area contributed by atoms with Gasteiger partial charge < -0.3 is 9.88 Å². The number of amides is 1. The lowest BCUT2D eigenvalue weighted by Gasteiger charge is -2.17. The van der Waals surface area contributed by atoms with Crippen molar-refractivity contribution in [3.8, 4) is 5.69 Å². The Morgan fingerprint density at radius 3 is 2.62 bits per heavy atom. The van der Waals surface area contributed by atoms with E-state index in [0.717, 1.165) is 23.4 Å². The van der Waals surface area contributed by atoms with Crippen LogP contribution in [0.25, 0.3) is 11.8 Å². The van der Waals surface area contributed by atoms with Gasteiger partial charge in [0, 0.05) is 11.4 Å². The first-order valence-electron chi connectivity index (χ1n) is 10.3. The topological polar surface area (TPSA) is 46.4 Å². The summed E-state index contributed by atoms with van der Waals surface area (Å²) < 4.78 is 2.28. The first kappa shape index (κ1) is 22.7. The average Bonchev–Trinajstić information content (AvgIpc) is 3.23. The summed E-state index contributed by atoms with van der Waals surface area (Å²) in [5.41, 5.74) is 7.49. The Hall–Kier alpha value is -2.47. The Labute approximate surface area is 202 Å². The fraction of sp³-hybridized carbons (Fsp3) is 0.200. The van der Waals surface area contributed by atoms with Crippen molar-refractivity contribution in [1.29, 1.82) is 0 Å². The molecule has 4 nitrogen and oxygen atoms in total. The smallest absolute Gasteiger partial charge is 0.264 e. The molecular formula is C25H23Cl2N3OS. The molecule has 0 atom stereocenters. The van der Waals surface area contributed by atoms with Crippen LogP contribution in [-0.2, 0) is 11.2 Å². The van der Waals surface area contributed by atoms with Crippen LogP contribution in [0.15, 0.2) is 52.4 Å². The molecule has 32 heavy (non-hydrogen) atoms. The molecule has 164 valence electrons. The third-order valence-corrected chi connectivity index (χ3v) is 7.21. The Kier molecular flexibility index (Phi) is 6.52. The number of rotatable bonds is 4. The molecular weight excluding hydrogens is 461 g/mol. The van der Waals surface area contributed by atoms with Crippen LogP contribution in [0.2, 0.25) is 10.0 Å². The summed E-state index contributed by atoms with van der Waals surface area (Å²) in [7, 11) is 0. The van der Waals surface area contributed by atoms with Gasteiger partial charge in [-0.15, -0.1) is 0 Å². The summed E-state index contributed by atoms with van der Waals surface area (Å²) in [5, 5.41) is 4.08. The molecule has 2 heterocycles. The second-order valence-corrected chi connectivity index (χ2v) is 9.47. The van der Waals surface area contributed by atoms with Gasteiger partial charge >= 0.3 is 0 Å².